The van der Waals surface area contributed by atoms with Crippen molar-refractivity contribution in [1.29, 1.82) is 0 Å². The molecular weight excluding hydrogens is 440 g/mol. The van der Waals surface area contributed by atoms with E-state index in [-0.39, 0.29) is 18.4 Å². The Morgan fingerprint density at radius 3 is 1.77 bits per heavy atom. The van der Waals surface area contributed by atoms with Gasteiger partial charge in [0.1, 0.15) is 18.5 Å². The minimum absolute atomic E-state index is 0.104. The maximum atomic E-state index is 12.7. The smallest absolute Gasteiger partial charge is 0.266 e. The number of benzene rings is 4. The lowest BCUT2D eigenvalue weighted by molar-refractivity contribution is 0.0926. The molecule has 0 unspecified atom stereocenters. The summed E-state index contributed by atoms with van der Waals surface area (Å²) in [5.41, 5.74) is 3.43. The van der Waals surface area contributed by atoms with Crippen LogP contribution in [-0.4, -0.2) is 34.2 Å². The Morgan fingerprint density at radius 1 is 0.686 bits per heavy atom. The fourth-order valence-electron chi connectivity index (χ4n) is 4.77. The molecule has 5 aromatic rings. The van der Waals surface area contributed by atoms with E-state index >= 15 is 0 Å². The van der Waals surface area contributed by atoms with E-state index in [1.807, 2.05) is 24.3 Å². The Kier molecular flexibility index (Phi) is 5.08. The van der Waals surface area contributed by atoms with Crippen LogP contribution in [0.1, 0.15) is 20.7 Å². The van der Waals surface area contributed by atoms with Gasteiger partial charge in [-0.2, -0.15) is 0 Å². The molecule has 6 heteroatoms. The van der Waals surface area contributed by atoms with Crippen molar-refractivity contribution < 1.29 is 19.4 Å². The molecule has 6 rings (SSSR count). The number of hydrogen-bond donors (Lipinski definition) is 1. The van der Waals surface area contributed by atoms with Gasteiger partial charge in [0, 0.05) is 21.8 Å². The number of anilines is 1. The molecular formula is C29H22N2O4. The van der Waals surface area contributed by atoms with E-state index in [9.17, 15) is 14.7 Å². The summed E-state index contributed by atoms with van der Waals surface area (Å²) in [6.45, 7) is 0.494. The summed E-state index contributed by atoms with van der Waals surface area (Å²) in [4.78, 5) is 26.5. The predicted octanol–water partition coefficient (Wildman–Crippen LogP) is 5.04. The molecule has 2 heterocycles. The van der Waals surface area contributed by atoms with Crippen LogP contribution in [0.25, 0.3) is 21.8 Å². The van der Waals surface area contributed by atoms with E-state index in [2.05, 4.69) is 28.8 Å². The van der Waals surface area contributed by atoms with Crippen LogP contribution in [0.4, 0.5) is 5.69 Å². The number of para-hydroxylation sites is 2. The number of ether oxygens (including phenoxy) is 1. The molecule has 1 aliphatic heterocycles. The first-order valence-electron chi connectivity index (χ1n) is 11.5. The van der Waals surface area contributed by atoms with Gasteiger partial charge in [0.25, 0.3) is 11.8 Å². The van der Waals surface area contributed by atoms with Crippen molar-refractivity contribution in [3.8, 4) is 5.75 Å². The van der Waals surface area contributed by atoms with Gasteiger partial charge < -0.3 is 14.4 Å². The summed E-state index contributed by atoms with van der Waals surface area (Å²) in [5.74, 6) is -0.117. The molecule has 1 aliphatic rings. The molecule has 0 spiro atoms. The van der Waals surface area contributed by atoms with Gasteiger partial charge >= 0.3 is 0 Å². The number of rotatable bonds is 6. The third-order valence-electron chi connectivity index (χ3n) is 6.40. The molecule has 0 saturated carbocycles. The lowest BCUT2D eigenvalue weighted by atomic mass is 10.1. The fourth-order valence-corrected chi connectivity index (χ4v) is 4.77. The van der Waals surface area contributed by atoms with Gasteiger partial charge in [0.15, 0.2) is 0 Å². The largest absolute Gasteiger partial charge is 0.491 e. The van der Waals surface area contributed by atoms with Crippen LogP contribution in [0.15, 0.2) is 97.1 Å². The Morgan fingerprint density at radius 2 is 1.20 bits per heavy atom. The fraction of sp³-hybridized carbons (Fsp3) is 0.103. The first kappa shape index (κ1) is 21.1. The summed E-state index contributed by atoms with van der Waals surface area (Å²) in [7, 11) is 0. The zero-order valence-corrected chi connectivity index (χ0v) is 18.8. The molecule has 6 nitrogen and oxygen atoms in total. The third-order valence-corrected chi connectivity index (χ3v) is 6.40. The van der Waals surface area contributed by atoms with Gasteiger partial charge in [-0.3, -0.25) is 9.59 Å². The van der Waals surface area contributed by atoms with E-state index < -0.39 is 6.10 Å². The molecule has 1 aromatic heterocycles. The van der Waals surface area contributed by atoms with Crippen molar-refractivity contribution in [2.24, 2.45) is 0 Å². The van der Waals surface area contributed by atoms with Crippen molar-refractivity contribution >= 4 is 39.3 Å². The monoisotopic (exact) mass is 462 g/mol. The minimum Gasteiger partial charge on any atom is -0.491 e. The highest BCUT2D eigenvalue weighted by Gasteiger charge is 2.36. The molecule has 1 N–H and O–H groups in total. The predicted molar refractivity (Wildman–Crippen MR) is 135 cm³/mol. The lowest BCUT2D eigenvalue weighted by Gasteiger charge is -2.17. The quantitative estimate of drug-likeness (QED) is 0.359. The Balaban J connectivity index is 1.16. The second kappa shape index (κ2) is 8.42. The lowest BCUT2D eigenvalue weighted by Crippen LogP contribution is -2.29. The molecule has 0 saturated heterocycles. The summed E-state index contributed by atoms with van der Waals surface area (Å²) in [5, 5.41) is 13.1. The number of amides is 2. The standard InChI is InChI=1S/C29H22N2O4/c32-20(17-30-26-11-5-3-7-22(26)23-8-4-6-12-27(23)30)18-35-21-15-13-19(14-16-21)31-28(33)24-9-1-2-10-25(24)29(31)34/h1-16,20,32H,17-18H2/t20-/m1/s1. The van der Waals surface area contributed by atoms with Gasteiger partial charge in [0.2, 0.25) is 0 Å². The molecule has 35 heavy (non-hydrogen) atoms. The van der Waals surface area contributed by atoms with Gasteiger partial charge in [-0.25, -0.2) is 4.90 Å². The van der Waals surface area contributed by atoms with Gasteiger partial charge in [-0.15, -0.1) is 0 Å². The van der Waals surface area contributed by atoms with Crippen molar-refractivity contribution in [3.63, 3.8) is 0 Å². The second-order valence-corrected chi connectivity index (χ2v) is 8.59. The van der Waals surface area contributed by atoms with Crippen molar-refractivity contribution in [2.45, 2.75) is 12.6 Å². The summed E-state index contributed by atoms with van der Waals surface area (Å²) in [6.07, 6.45) is -0.731. The molecule has 0 fully saturated rings. The summed E-state index contributed by atoms with van der Waals surface area (Å²) >= 11 is 0. The molecule has 0 aliphatic carbocycles. The van der Waals surface area contributed by atoms with Gasteiger partial charge in [-0.1, -0.05) is 48.5 Å². The van der Waals surface area contributed by atoms with Gasteiger partial charge in [-0.05, 0) is 48.5 Å². The number of aromatic nitrogens is 1. The Labute approximate surface area is 201 Å². The maximum Gasteiger partial charge on any atom is 0.266 e. The highest BCUT2D eigenvalue weighted by Crippen LogP contribution is 2.30. The number of aliphatic hydroxyl groups is 1. The van der Waals surface area contributed by atoms with E-state index in [0.717, 1.165) is 21.8 Å². The van der Waals surface area contributed by atoms with E-state index in [4.69, 9.17) is 4.74 Å². The molecule has 0 radical (unpaired) electrons. The average molecular weight is 463 g/mol. The van der Waals surface area contributed by atoms with Crippen LogP contribution in [0.5, 0.6) is 5.75 Å². The number of nitrogens with zero attached hydrogens (tertiary/aromatic N) is 2. The van der Waals surface area contributed by atoms with Crippen molar-refractivity contribution in [1.82, 2.24) is 4.57 Å². The van der Waals surface area contributed by atoms with Crippen LogP contribution < -0.4 is 9.64 Å². The van der Waals surface area contributed by atoms with Crippen molar-refractivity contribution in [3.05, 3.63) is 108 Å². The number of carbonyl (C=O) groups is 2. The van der Waals surface area contributed by atoms with E-state index in [0.29, 0.717) is 29.1 Å². The molecule has 4 aromatic carbocycles. The highest BCUT2D eigenvalue weighted by atomic mass is 16.5. The Hall–Kier alpha value is -4.42. The molecule has 2 amide bonds. The van der Waals surface area contributed by atoms with Crippen molar-refractivity contribution in [2.75, 3.05) is 11.5 Å². The summed E-state index contributed by atoms with van der Waals surface area (Å²) < 4.78 is 7.94. The van der Waals surface area contributed by atoms with Crippen LogP contribution >= 0.6 is 0 Å². The summed E-state index contributed by atoms with van der Waals surface area (Å²) in [6, 6.07) is 29.9. The first-order valence-corrected chi connectivity index (χ1v) is 11.5. The average Bonchev–Trinajstić information content (AvgIpc) is 3.35. The van der Waals surface area contributed by atoms with E-state index in [1.165, 1.54) is 4.90 Å². The molecule has 0 bridgehead atoms. The number of carbonyl (C=O) groups excluding carboxylic acids is 2. The number of fused-ring (bicyclic) bond motifs is 4. The van der Waals surface area contributed by atoms with Crippen LogP contribution in [-0.2, 0) is 6.54 Å². The first-order chi connectivity index (χ1) is 17.1. The number of aliphatic hydroxyl groups excluding tert-OH is 1. The van der Waals surface area contributed by atoms with Gasteiger partial charge in [0.05, 0.1) is 23.4 Å². The van der Waals surface area contributed by atoms with Crippen LogP contribution in [0.3, 0.4) is 0 Å². The zero-order chi connectivity index (χ0) is 23.9. The van der Waals surface area contributed by atoms with Crippen LogP contribution in [0.2, 0.25) is 0 Å². The molecule has 172 valence electrons. The Bertz CT molecular complexity index is 1500. The number of imide groups is 1. The topological polar surface area (TPSA) is 71.8 Å². The van der Waals surface area contributed by atoms with E-state index in [1.54, 1.807) is 48.5 Å². The molecule has 1 atom stereocenters. The zero-order valence-electron chi connectivity index (χ0n) is 18.8. The SMILES string of the molecule is O=C1c2ccccc2C(=O)N1c1ccc(OC[C@H](O)Cn2c3ccccc3c3ccccc32)cc1. The minimum atomic E-state index is -0.731. The number of hydrogen-bond acceptors (Lipinski definition) is 4. The third kappa shape index (κ3) is 3.55. The highest BCUT2D eigenvalue weighted by molar-refractivity contribution is 6.34. The second-order valence-electron chi connectivity index (χ2n) is 8.59. The maximum absolute atomic E-state index is 12.7. The normalized spacial score (nSPS) is 14.0. The van der Waals surface area contributed by atoms with Crippen LogP contribution in [0, 0.1) is 0 Å².